The fraction of sp³-hybridized carbons (Fsp3) is 0.273. The minimum absolute atomic E-state index is 0.426. The zero-order valence-corrected chi connectivity index (χ0v) is 18.8. The summed E-state index contributed by atoms with van der Waals surface area (Å²) < 4.78 is 33.7. The van der Waals surface area contributed by atoms with Gasteiger partial charge in [0.05, 0.1) is 6.54 Å². The fourth-order valence-corrected chi connectivity index (χ4v) is 7.17. The number of hydrogen-bond acceptors (Lipinski definition) is 6. The fourth-order valence-electron chi connectivity index (χ4n) is 3.89. The van der Waals surface area contributed by atoms with Crippen LogP contribution in [0.25, 0.3) is 22.1 Å². The van der Waals surface area contributed by atoms with Crippen LogP contribution in [-0.2, 0) is 16.6 Å². The van der Waals surface area contributed by atoms with Crippen LogP contribution in [0.3, 0.4) is 0 Å². The first-order valence-corrected chi connectivity index (χ1v) is 13.2. The summed E-state index contributed by atoms with van der Waals surface area (Å²) in [5.41, 5.74) is 3.31. The maximum absolute atomic E-state index is 12.8. The van der Waals surface area contributed by atoms with Crippen LogP contribution in [0.15, 0.2) is 67.2 Å². The van der Waals surface area contributed by atoms with Crippen molar-refractivity contribution in [3.8, 4) is 11.1 Å². The molecule has 1 saturated heterocycles. The van der Waals surface area contributed by atoms with E-state index in [4.69, 9.17) is 4.42 Å². The first kappa shape index (κ1) is 20.0. The van der Waals surface area contributed by atoms with Crippen molar-refractivity contribution in [3.05, 3.63) is 64.4 Å². The molecule has 0 atom stereocenters. The van der Waals surface area contributed by atoms with Gasteiger partial charge in [-0.3, -0.25) is 4.90 Å². The lowest BCUT2D eigenvalue weighted by atomic mass is 10.1. The maximum atomic E-state index is 12.8. The van der Waals surface area contributed by atoms with E-state index < -0.39 is 10.0 Å². The molecule has 30 heavy (non-hydrogen) atoms. The van der Waals surface area contributed by atoms with Crippen LogP contribution < -0.4 is 0 Å². The van der Waals surface area contributed by atoms with E-state index in [9.17, 15) is 8.42 Å². The van der Waals surface area contributed by atoms with Gasteiger partial charge < -0.3 is 4.42 Å². The van der Waals surface area contributed by atoms with Crippen LogP contribution in [0.4, 0.5) is 0 Å². The molecule has 4 aromatic rings. The molecule has 1 aromatic carbocycles. The second kappa shape index (κ2) is 8.28. The van der Waals surface area contributed by atoms with Crippen molar-refractivity contribution in [1.29, 1.82) is 0 Å². The summed E-state index contributed by atoms with van der Waals surface area (Å²) >= 11 is 2.97. The number of benzene rings is 1. The van der Waals surface area contributed by atoms with Crippen LogP contribution in [0.1, 0.15) is 12.2 Å². The Labute approximate surface area is 184 Å². The molecule has 0 unspecified atom stereocenters. The molecule has 0 spiro atoms. The summed E-state index contributed by atoms with van der Waals surface area (Å²) in [5.74, 6) is 0.919. The summed E-state index contributed by atoms with van der Waals surface area (Å²) in [6, 6.07) is 14.0. The Morgan fingerprint density at radius 3 is 2.70 bits per heavy atom. The zero-order chi connectivity index (χ0) is 20.6. The van der Waals surface area contributed by atoms with Gasteiger partial charge in [0.1, 0.15) is 15.6 Å². The number of sulfonamides is 1. The molecule has 0 saturated carbocycles. The van der Waals surface area contributed by atoms with Gasteiger partial charge in [0.2, 0.25) is 0 Å². The van der Waals surface area contributed by atoms with E-state index in [2.05, 4.69) is 39.9 Å². The average Bonchev–Trinajstić information content (AvgIpc) is 3.48. The summed E-state index contributed by atoms with van der Waals surface area (Å²) in [6.45, 7) is 3.30. The Bertz CT molecular complexity index is 1230. The molecule has 3 aromatic heterocycles. The third kappa shape index (κ3) is 3.98. The highest BCUT2D eigenvalue weighted by atomic mass is 32.2. The van der Waals surface area contributed by atoms with E-state index in [0.717, 1.165) is 29.7 Å². The van der Waals surface area contributed by atoms with Gasteiger partial charge >= 0.3 is 0 Å². The number of fused-ring (bicyclic) bond motifs is 1. The van der Waals surface area contributed by atoms with Gasteiger partial charge in [-0.2, -0.15) is 15.6 Å². The van der Waals surface area contributed by atoms with Crippen molar-refractivity contribution in [2.75, 3.05) is 26.2 Å². The largest absolute Gasteiger partial charge is 0.460 e. The van der Waals surface area contributed by atoms with E-state index in [1.807, 2.05) is 11.4 Å². The summed E-state index contributed by atoms with van der Waals surface area (Å²) in [5, 5.41) is 7.14. The maximum Gasteiger partial charge on any atom is 0.252 e. The van der Waals surface area contributed by atoms with Gasteiger partial charge in [-0.05, 0) is 70.6 Å². The number of hydrogen-bond donors (Lipinski definition) is 0. The third-order valence-electron chi connectivity index (χ3n) is 5.44. The first-order valence-electron chi connectivity index (χ1n) is 9.91. The predicted octanol–water partition coefficient (Wildman–Crippen LogP) is 5.12. The Hall–Kier alpha value is -1.97. The van der Waals surface area contributed by atoms with Gasteiger partial charge in [-0.25, -0.2) is 8.42 Å². The highest BCUT2D eigenvalue weighted by Crippen LogP contribution is 2.29. The summed E-state index contributed by atoms with van der Waals surface area (Å²) in [6.07, 6.45) is 0.813. The Kier molecular flexibility index (Phi) is 5.51. The molecule has 156 valence electrons. The van der Waals surface area contributed by atoms with Crippen molar-refractivity contribution in [2.45, 2.75) is 17.2 Å². The van der Waals surface area contributed by atoms with Crippen molar-refractivity contribution < 1.29 is 12.8 Å². The smallest absolute Gasteiger partial charge is 0.252 e. The van der Waals surface area contributed by atoms with Gasteiger partial charge in [0, 0.05) is 25.0 Å². The molecule has 0 amide bonds. The van der Waals surface area contributed by atoms with E-state index >= 15 is 0 Å². The van der Waals surface area contributed by atoms with E-state index in [1.54, 1.807) is 27.8 Å². The van der Waals surface area contributed by atoms with Crippen LogP contribution in [0.5, 0.6) is 0 Å². The lowest BCUT2D eigenvalue weighted by molar-refractivity contribution is 0.258. The minimum atomic E-state index is -3.38. The molecule has 0 radical (unpaired) electrons. The molecule has 0 bridgehead atoms. The topological polar surface area (TPSA) is 53.8 Å². The van der Waals surface area contributed by atoms with Crippen LogP contribution >= 0.6 is 22.7 Å². The molecule has 0 N–H and O–H groups in total. The molecule has 1 fully saturated rings. The Morgan fingerprint density at radius 2 is 1.90 bits per heavy atom. The lowest BCUT2D eigenvalue weighted by Gasteiger charge is -2.20. The van der Waals surface area contributed by atoms with Gasteiger partial charge in [0.15, 0.2) is 0 Å². The van der Waals surface area contributed by atoms with E-state index in [1.165, 1.54) is 22.5 Å². The van der Waals surface area contributed by atoms with Crippen LogP contribution in [0, 0.1) is 0 Å². The van der Waals surface area contributed by atoms with Gasteiger partial charge in [-0.1, -0.05) is 12.1 Å². The van der Waals surface area contributed by atoms with E-state index in [-0.39, 0.29) is 0 Å². The summed E-state index contributed by atoms with van der Waals surface area (Å²) in [4.78, 5) is 2.28. The highest BCUT2D eigenvalue weighted by Gasteiger charge is 2.27. The SMILES string of the molecule is O=S(=O)(c1cccs1)N1CCCN(Cc2cc3cc(-c4ccsc4)ccc3o2)CC1. The molecule has 5 nitrogen and oxygen atoms in total. The number of furan rings is 1. The van der Waals surface area contributed by atoms with Crippen LogP contribution in [-0.4, -0.2) is 43.8 Å². The molecule has 5 rings (SSSR count). The van der Waals surface area contributed by atoms with Crippen molar-refractivity contribution in [1.82, 2.24) is 9.21 Å². The number of nitrogens with zero attached hydrogens (tertiary/aromatic N) is 2. The second-order valence-corrected chi connectivity index (χ2v) is 11.3. The lowest BCUT2D eigenvalue weighted by Crippen LogP contribution is -2.34. The monoisotopic (exact) mass is 458 g/mol. The molecule has 1 aliphatic rings. The van der Waals surface area contributed by atoms with Crippen molar-refractivity contribution >= 4 is 43.7 Å². The molecular formula is C22H22N2O3S3. The number of rotatable bonds is 5. The molecule has 4 heterocycles. The molecule has 1 aliphatic heterocycles. The Morgan fingerprint density at radius 1 is 0.967 bits per heavy atom. The van der Waals surface area contributed by atoms with Gasteiger partial charge in [0.25, 0.3) is 10.0 Å². The molecule has 0 aliphatic carbocycles. The van der Waals surface area contributed by atoms with Crippen molar-refractivity contribution in [2.24, 2.45) is 0 Å². The molecule has 8 heteroatoms. The van der Waals surface area contributed by atoms with E-state index in [0.29, 0.717) is 30.4 Å². The quantitative estimate of drug-likeness (QED) is 0.417. The zero-order valence-electron chi connectivity index (χ0n) is 16.4. The first-order chi connectivity index (χ1) is 14.6. The molecular weight excluding hydrogens is 436 g/mol. The number of thiophene rings is 2. The van der Waals surface area contributed by atoms with Crippen LogP contribution in [0.2, 0.25) is 0 Å². The standard InChI is InChI=1S/C22H22N2O3S3/c25-30(26,22-3-1-11-29-22)24-8-2-7-23(9-10-24)15-20-14-19-13-17(4-5-21(19)27-20)18-6-12-28-16-18/h1,3-6,11-14,16H,2,7-10,15H2. The summed E-state index contributed by atoms with van der Waals surface area (Å²) in [7, 11) is -3.38. The van der Waals surface area contributed by atoms with Crippen molar-refractivity contribution in [3.63, 3.8) is 0 Å². The minimum Gasteiger partial charge on any atom is -0.460 e. The van der Waals surface area contributed by atoms with Gasteiger partial charge in [-0.15, -0.1) is 11.3 Å². The highest BCUT2D eigenvalue weighted by molar-refractivity contribution is 7.91. The second-order valence-electron chi connectivity index (χ2n) is 7.44. The Balaban J connectivity index is 1.29. The third-order valence-corrected chi connectivity index (χ3v) is 9.39. The average molecular weight is 459 g/mol. The normalized spacial score (nSPS) is 16.8. The predicted molar refractivity (Wildman–Crippen MR) is 122 cm³/mol.